The number of nitrogens with zero attached hydrogens (tertiary/aromatic N) is 1. The second-order valence-corrected chi connectivity index (χ2v) is 6.64. The molecule has 1 saturated heterocycles. The summed E-state index contributed by atoms with van der Waals surface area (Å²) in [7, 11) is -0.0258. The number of hydrogen-bond donors (Lipinski definition) is 2. The normalized spacial score (nSPS) is 20.2. The van der Waals surface area contributed by atoms with Gasteiger partial charge in [0.25, 0.3) is 0 Å². The Balaban J connectivity index is 2.34. The minimum atomic E-state index is -3.42. The smallest absolute Gasteiger partial charge is 0.242 e. The van der Waals surface area contributed by atoms with Crippen molar-refractivity contribution in [3.05, 3.63) is 24.3 Å². The summed E-state index contributed by atoms with van der Waals surface area (Å²) in [5.74, 6) is 0. The summed E-state index contributed by atoms with van der Waals surface area (Å²) in [6.45, 7) is 1.94. The van der Waals surface area contributed by atoms with E-state index in [0.29, 0.717) is 10.9 Å². The maximum Gasteiger partial charge on any atom is 0.242 e. The van der Waals surface area contributed by atoms with E-state index in [2.05, 4.69) is 14.9 Å². The molecule has 0 bridgehead atoms. The van der Waals surface area contributed by atoms with E-state index < -0.39 is 10.0 Å². The Labute approximate surface area is 115 Å². The number of rotatable bonds is 4. The van der Waals surface area contributed by atoms with Crippen LogP contribution in [0.15, 0.2) is 29.2 Å². The van der Waals surface area contributed by atoms with Gasteiger partial charge in [0.15, 0.2) is 0 Å². The Hall–Kier alpha value is -1.11. The number of hydrogen-bond acceptors (Lipinski definition) is 4. The van der Waals surface area contributed by atoms with Crippen molar-refractivity contribution in [1.82, 2.24) is 10.0 Å². The molecule has 0 amide bonds. The van der Waals surface area contributed by atoms with Gasteiger partial charge in [0.1, 0.15) is 4.90 Å². The van der Waals surface area contributed by atoms with Crippen LogP contribution in [-0.2, 0) is 10.0 Å². The second-order valence-electron chi connectivity index (χ2n) is 4.79. The van der Waals surface area contributed by atoms with Gasteiger partial charge >= 0.3 is 0 Å². The fourth-order valence-electron chi connectivity index (χ4n) is 2.45. The summed E-state index contributed by atoms with van der Waals surface area (Å²) in [6, 6.07) is 7.46. The van der Waals surface area contributed by atoms with Crippen molar-refractivity contribution in [2.45, 2.75) is 23.8 Å². The van der Waals surface area contributed by atoms with E-state index in [1.807, 2.05) is 19.2 Å². The molecule has 1 unspecified atom stereocenters. The minimum Gasteiger partial charge on any atom is -0.369 e. The Morgan fingerprint density at radius 2 is 2.11 bits per heavy atom. The summed E-state index contributed by atoms with van der Waals surface area (Å²) in [5.41, 5.74) is 0.755. The van der Waals surface area contributed by atoms with Gasteiger partial charge in [-0.25, -0.2) is 13.1 Å². The average molecular weight is 283 g/mol. The molecule has 0 radical (unpaired) electrons. The number of benzene rings is 1. The van der Waals surface area contributed by atoms with E-state index in [1.54, 1.807) is 12.1 Å². The molecule has 1 aromatic carbocycles. The molecule has 0 aromatic heterocycles. The Morgan fingerprint density at radius 3 is 2.74 bits per heavy atom. The molecule has 106 valence electrons. The molecule has 0 saturated carbocycles. The first kappa shape index (κ1) is 14.3. The fraction of sp³-hybridized carbons (Fsp3) is 0.538. The van der Waals surface area contributed by atoms with Crippen molar-refractivity contribution in [3.8, 4) is 0 Å². The average Bonchev–Trinajstić information content (AvgIpc) is 2.47. The van der Waals surface area contributed by atoms with Crippen LogP contribution in [0.5, 0.6) is 0 Å². The van der Waals surface area contributed by atoms with Crippen LogP contribution in [0.25, 0.3) is 0 Å². The van der Waals surface area contributed by atoms with Crippen molar-refractivity contribution >= 4 is 15.7 Å². The summed E-state index contributed by atoms with van der Waals surface area (Å²) < 4.78 is 26.5. The van der Waals surface area contributed by atoms with Crippen molar-refractivity contribution < 1.29 is 8.42 Å². The predicted octanol–water partition coefficient (Wildman–Crippen LogP) is 0.783. The molecule has 1 heterocycles. The van der Waals surface area contributed by atoms with Gasteiger partial charge in [-0.1, -0.05) is 12.1 Å². The van der Waals surface area contributed by atoms with Crippen molar-refractivity contribution in [3.63, 3.8) is 0 Å². The fourth-order valence-corrected chi connectivity index (χ4v) is 3.41. The molecular weight excluding hydrogens is 262 g/mol. The highest BCUT2D eigenvalue weighted by Crippen LogP contribution is 2.26. The van der Waals surface area contributed by atoms with Crippen molar-refractivity contribution in [1.29, 1.82) is 0 Å². The van der Waals surface area contributed by atoms with Gasteiger partial charge in [0.05, 0.1) is 5.69 Å². The molecule has 0 aliphatic carbocycles. The van der Waals surface area contributed by atoms with Gasteiger partial charge in [-0.15, -0.1) is 0 Å². The van der Waals surface area contributed by atoms with E-state index in [0.717, 1.165) is 31.6 Å². The summed E-state index contributed by atoms with van der Waals surface area (Å²) >= 11 is 0. The Bertz CT molecular complexity index is 524. The predicted molar refractivity (Wildman–Crippen MR) is 77.0 cm³/mol. The zero-order chi connectivity index (χ0) is 13.9. The Kier molecular flexibility index (Phi) is 4.44. The third kappa shape index (κ3) is 3.08. The summed E-state index contributed by atoms with van der Waals surface area (Å²) in [6.07, 6.45) is 2.20. The molecule has 2 N–H and O–H groups in total. The topological polar surface area (TPSA) is 61.4 Å². The van der Waals surface area contributed by atoms with Gasteiger partial charge in [-0.3, -0.25) is 0 Å². The van der Waals surface area contributed by atoms with Crippen molar-refractivity contribution in [2.75, 3.05) is 32.1 Å². The van der Waals surface area contributed by atoms with Crippen LogP contribution in [0.1, 0.15) is 12.8 Å². The van der Waals surface area contributed by atoms with E-state index in [9.17, 15) is 8.42 Å². The van der Waals surface area contributed by atoms with E-state index in [1.165, 1.54) is 7.05 Å². The lowest BCUT2D eigenvalue weighted by Gasteiger charge is -2.34. The van der Waals surface area contributed by atoms with Crippen LogP contribution in [-0.4, -0.2) is 41.6 Å². The number of piperidine rings is 1. The standard InChI is InChI=1S/C13H21N3O2S/c1-14-19(17,18)13-8-4-3-7-12(13)16(2)11-6-5-9-15-10-11/h3-4,7-8,11,14-15H,5-6,9-10H2,1-2H3. The maximum atomic E-state index is 12.1. The lowest BCUT2D eigenvalue weighted by Crippen LogP contribution is -2.44. The number of likely N-dealkylation sites (N-methyl/N-ethyl adjacent to an activating group) is 1. The number of nitrogens with one attached hydrogen (secondary N) is 2. The van der Waals surface area contributed by atoms with Gasteiger partial charge in [-0.05, 0) is 38.6 Å². The number of anilines is 1. The molecule has 0 spiro atoms. The first-order valence-electron chi connectivity index (χ1n) is 6.52. The van der Waals surface area contributed by atoms with Gasteiger partial charge in [-0.2, -0.15) is 0 Å². The van der Waals surface area contributed by atoms with Crippen LogP contribution in [0.2, 0.25) is 0 Å². The van der Waals surface area contributed by atoms with Crippen molar-refractivity contribution in [2.24, 2.45) is 0 Å². The molecule has 19 heavy (non-hydrogen) atoms. The molecule has 6 heteroatoms. The molecule has 1 aromatic rings. The Morgan fingerprint density at radius 1 is 1.37 bits per heavy atom. The van der Waals surface area contributed by atoms with E-state index in [4.69, 9.17) is 0 Å². The molecule has 1 aliphatic rings. The third-order valence-corrected chi connectivity index (χ3v) is 5.08. The maximum absolute atomic E-state index is 12.1. The van der Waals surface area contributed by atoms with Gasteiger partial charge < -0.3 is 10.2 Å². The lowest BCUT2D eigenvalue weighted by atomic mass is 10.1. The van der Waals surface area contributed by atoms with Crippen LogP contribution >= 0.6 is 0 Å². The minimum absolute atomic E-state index is 0.335. The first-order valence-corrected chi connectivity index (χ1v) is 8.00. The largest absolute Gasteiger partial charge is 0.369 e. The zero-order valence-corrected chi connectivity index (χ0v) is 12.2. The molecule has 1 atom stereocenters. The monoisotopic (exact) mass is 283 g/mol. The molecule has 5 nitrogen and oxygen atoms in total. The highest BCUT2D eigenvalue weighted by molar-refractivity contribution is 7.89. The molecular formula is C13H21N3O2S. The van der Waals surface area contributed by atoms with Crippen LogP contribution in [0.3, 0.4) is 0 Å². The van der Waals surface area contributed by atoms with Crippen LogP contribution < -0.4 is 14.9 Å². The molecule has 2 rings (SSSR count). The van der Waals surface area contributed by atoms with Gasteiger partial charge in [0, 0.05) is 19.6 Å². The first-order chi connectivity index (χ1) is 9.06. The SMILES string of the molecule is CNS(=O)(=O)c1ccccc1N(C)C1CCCNC1. The quantitative estimate of drug-likeness (QED) is 0.857. The summed E-state index contributed by atoms with van der Waals surface area (Å²) in [4.78, 5) is 2.40. The van der Waals surface area contributed by atoms with Crippen LogP contribution in [0.4, 0.5) is 5.69 Å². The highest BCUT2D eigenvalue weighted by Gasteiger charge is 2.23. The van der Waals surface area contributed by atoms with Crippen LogP contribution in [0, 0.1) is 0 Å². The highest BCUT2D eigenvalue weighted by atomic mass is 32.2. The summed E-state index contributed by atoms with van der Waals surface area (Å²) in [5, 5.41) is 3.35. The van der Waals surface area contributed by atoms with Gasteiger partial charge in [0.2, 0.25) is 10.0 Å². The molecule has 1 aliphatic heterocycles. The third-order valence-electron chi connectivity index (χ3n) is 3.62. The second kappa shape index (κ2) is 5.90. The van der Waals surface area contributed by atoms with E-state index >= 15 is 0 Å². The van der Waals surface area contributed by atoms with E-state index in [-0.39, 0.29) is 0 Å². The lowest BCUT2D eigenvalue weighted by molar-refractivity contribution is 0.443. The zero-order valence-electron chi connectivity index (χ0n) is 11.4. The number of sulfonamides is 1. The molecule has 1 fully saturated rings. The number of para-hydroxylation sites is 1.